The fourth-order valence-electron chi connectivity index (χ4n) is 6.01. The highest BCUT2D eigenvalue weighted by Crippen LogP contribution is 2.43. The molecule has 0 aliphatic heterocycles. The SMILES string of the molecule is CC/C=C\C/C=C\C/C=C\C/C=C\C/C=C\CCCCCCCC(=O)OC(COCCCCCCCCCC/C=C\C/C=C\CCCCC)COP(=O)(O)OCC(N)C(=O)O. The first-order valence-corrected chi connectivity index (χ1v) is 25.1. The molecule has 4 N–H and O–H groups in total. The highest BCUT2D eigenvalue weighted by atomic mass is 31.2. The Morgan fingerprint density at radius 1 is 0.541 bits per heavy atom. The first kappa shape index (κ1) is 58.1. The largest absolute Gasteiger partial charge is 0.480 e. The van der Waals surface area contributed by atoms with Gasteiger partial charge in [0.2, 0.25) is 0 Å². The summed E-state index contributed by atoms with van der Waals surface area (Å²) in [7, 11) is -4.63. The van der Waals surface area contributed by atoms with Crippen LogP contribution in [0, 0.1) is 0 Å². The molecule has 0 aromatic carbocycles. The van der Waals surface area contributed by atoms with Gasteiger partial charge in [0, 0.05) is 13.0 Å². The summed E-state index contributed by atoms with van der Waals surface area (Å²) < 4.78 is 33.4. The zero-order valence-electron chi connectivity index (χ0n) is 38.2. The number of unbranched alkanes of at least 4 members (excludes halogenated alkanes) is 16. The second-order valence-corrected chi connectivity index (χ2v) is 17.0. The summed E-state index contributed by atoms with van der Waals surface area (Å²) in [5.41, 5.74) is 5.36. The van der Waals surface area contributed by atoms with Gasteiger partial charge in [-0.2, -0.15) is 0 Å². The maximum atomic E-state index is 12.7. The molecule has 61 heavy (non-hydrogen) atoms. The molecule has 350 valence electrons. The molecule has 0 aromatic rings. The van der Waals surface area contributed by atoms with Crippen molar-refractivity contribution in [2.75, 3.05) is 26.4 Å². The summed E-state index contributed by atoms with van der Waals surface area (Å²) in [6.07, 6.45) is 57.7. The quantitative estimate of drug-likeness (QED) is 0.0233. The van der Waals surface area contributed by atoms with Crippen LogP contribution in [0.3, 0.4) is 0 Å². The number of rotatable bonds is 44. The molecule has 0 rings (SSSR count). The molecular weight excluding hydrogens is 790 g/mol. The van der Waals surface area contributed by atoms with Crippen LogP contribution in [-0.2, 0) is 32.7 Å². The molecule has 0 aliphatic carbocycles. The molecule has 0 saturated heterocycles. The third-order valence-corrected chi connectivity index (χ3v) is 10.6. The van der Waals surface area contributed by atoms with Gasteiger partial charge >= 0.3 is 19.8 Å². The van der Waals surface area contributed by atoms with Gasteiger partial charge in [-0.25, -0.2) is 4.57 Å². The normalized spacial score (nSPS) is 14.6. The van der Waals surface area contributed by atoms with Gasteiger partial charge in [-0.1, -0.05) is 170 Å². The molecule has 0 saturated carbocycles. The summed E-state index contributed by atoms with van der Waals surface area (Å²) in [6.45, 7) is 3.70. The van der Waals surface area contributed by atoms with Gasteiger partial charge in [0.25, 0.3) is 0 Å². The molecular formula is C50H86NO9P. The van der Waals surface area contributed by atoms with Crippen molar-refractivity contribution in [1.29, 1.82) is 0 Å². The molecule has 3 atom stereocenters. The zero-order chi connectivity index (χ0) is 44.8. The number of ether oxygens (including phenoxy) is 2. The number of carboxylic acid groups (broad SMARTS) is 1. The number of hydrogen-bond donors (Lipinski definition) is 3. The van der Waals surface area contributed by atoms with Gasteiger partial charge in [0.05, 0.1) is 19.8 Å². The van der Waals surface area contributed by atoms with Gasteiger partial charge in [-0.05, 0) is 89.9 Å². The molecule has 0 fully saturated rings. The average molecular weight is 876 g/mol. The lowest BCUT2D eigenvalue weighted by Gasteiger charge is -2.20. The van der Waals surface area contributed by atoms with Crippen molar-refractivity contribution in [3.63, 3.8) is 0 Å². The van der Waals surface area contributed by atoms with Crippen molar-refractivity contribution in [2.24, 2.45) is 5.73 Å². The van der Waals surface area contributed by atoms with E-state index in [9.17, 15) is 19.0 Å². The zero-order valence-corrected chi connectivity index (χ0v) is 39.1. The van der Waals surface area contributed by atoms with E-state index >= 15 is 0 Å². The Kier molecular flexibility index (Phi) is 43.1. The predicted octanol–water partition coefficient (Wildman–Crippen LogP) is 13.5. The molecule has 0 bridgehead atoms. The fourth-order valence-corrected chi connectivity index (χ4v) is 6.79. The number of esters is 1. The Hall–Kier alpha value is -2.85. The number of phosphoric ester groups is 1. The lowest BCUT2D eigenvalue weighted by Crippen LogP contribution is -2.34. The first-order chi connectivity index (χ1) is 29.7. The Morgan fingerprint density at radius 2 is 0.951 bits per heavy atom. The summed E-state index contributed by atoms with van der Waals surface area (Å²) in [4.78, 5) is 33.6. The van der Waals surface area contributed by atoms with Crippen LogP contribution in [0.4, 0.5) is 0 Å². The van der Waals surface area contributed by atoms with Crippen LogP contribution in [0.25, 0.3) is 0 Å². The van der Waals surface area contributed by atoms with Crippen LogP contribution in [-0.4, -0.2) is 60.5 Å². The molecule has 10 nitrogen and oxygen atoms in total. The molecule has 11 heteroatoms. The number of aliphatic carboxylic acids is 1. The van der Waals surface area contributed by atoms with Crippen molar-refractivity contribution < 1.29 is 42.7 Å². The van der Waals surface area contributed by atoms with Crippen LogP contribution in [0.2, 0.25) is 0 Å². The standard InChI is InChI=1S/C50H86NO9P/c1-3-5-7-9-11-13-15-17-19-21-23-24-25-26-28-30-32-34-36-38-40-42-49(52)60-47(45-58-61(55,56)59-46-48(51)50(53)54)44-57-43-41-39-37-35-33-31-29-27-22-20-18-16-14-12-10-8-6-4-2/h5,7,11-14,17-20,23-24,26,28,47-48H,3-4,6,8-10,15-16,21-22,25,27,29-46,51H2,1-2H3,(H,53,54)(H,55,56)/b7-5-,13-11-,14-12-,19-17-,20-18-,24-23-,28-26-. The molecule has 0 radical (unpaired) electrons. The first-order valence-electron chi connectivity index (χ1n) is 23.6. The van der Waals surface area contributed by atoms with Crippen LogP contribution >= 0.6 is 7.82 Å². The highest BCUT2D eigenvalue weighted by molar-refractivity contribution is 7.47. The lowest BCUT2D eigenvalue weighted by atomic mass is 10.1. The van der Waals surface area contributed by atoms with Crippen molar-refractivity contribution >= 4 is 19.8 Å². The van der Waals surface area contributed by atoms with Crippen molar-refractivity contribution in [2.45, 2.75) is 193 Å². The van der Waals surface area contributed by atoms with E-state index in [-0.39, 0.29) is 13.0 Å². The second-order valence-electron chi connectivity index (χ2n) is 15.5. The van der Waals surface area contributed by atoms with Gasteiger partial charge in [0.15, 0.2) is 0 Å². The number of allylic oxidation sites excluding steroid dienone is 14. The Bertz CT molecular complexity index is 1290. The number of hydrogen-bond acceptors (Lipinski definition) is 8. The topological polar surface area (TPSA) is 155 Å². The second kappa shape index (κ2) is 45.2. The molecule has 0 spiro atoms. The Balaban J connectivity index is 4.27. The minimum absolute atomic E-state index is 0.000126. The van der Waals surface area contributed by atoms with E-state index in [4.69, 9.17) is 29.4 Å². The summed E-state index contributed by atoms with van der Waals surface area (Å²) >= 11 is 0. The number of carbonyl (C=O) groups is 2. The molecule has 3 unspecified atom stereocenters. The number of carboxylic acids is 1. The van der Waals surface area contributed by atoms with E-state index in [1.165, 1.54) is 57.8 Å². The van der Waals surface area contributed by atoms with E-state index in [1.807, 2.05) is 0 Å². The third-order valence-electron chi connectivity index (χ3n) is 9.66. The van der Waals surface area contributed by atoms with Gasteiger partial charge in [-0.3, -0.25) is 18.6 Å². The molecule has 0 aromatic heterocycles. The number of phosphoric acid groups is 1. The summed E-state index contributed by atoms with van der Waals surface area (Å²) in [5.74, 6) is -1.81. The van der Waals surface area contributed by atoms with Gasteiger partial charge in [-0.15, -0.1) is 0 Å². The van der Waals surface area contributed by atoms with Crippen molar-refractivity contribution in [3.05, 3.63) is 85.1 Å². The Morgan fingerprint density at radius 3 is 1.43 bits per heavy atom. The van der Waals surface area contributed by atoms with Crippen LogP contribution in [0.5, 0.6) is 0 Å². The minimum atomic E-state index is -4.63. The van der Waals surface area contributed by atoms with E-state index in [0.717, 1.165) is 96.3 Å². The summed E-state index contributed by atoms with van der Waals surface area (Å²) in [6, 6.07) is -1.48. The van der Waals surface area contributed by atoms with Crippen molar-refractivity contribution in [1.82, 2.24) is 0 Å². The highest BCUT2D eigenvalue weighted by Gasteiger charge is 2.27. The van der Waals surface area contributed by atoms with E-state index in [0.29, 0.717) is 13.0 Å². The van der Waals surface area contributed by atoms with E-state index < -0.39 is 45.1 Å². The van der Waals surface area contributed by atoms with Crippen molar-refractivity contribution in [3.8, 4) is 0 Å². The number of carbonyl (C=O) groups excluding carboxylic acids is 1. The monoisotopic (exact) mass is 876 g/mol. The van der Waals surface area contributed by atoms with Crippen LogP contribution < -0.4 is 5.73 Å². The summed E-state index contributed by atoms with van der Waals surface area (Å²) in [5, 5.41) is 8.92. The maximum Gasteiger partial charge on any atom is 0.472 e. The minimum Gasteiger partial charge on any atom is -0.480 e. The number of nitrogens with two attached hydrogens (primary N) is 1. The maximum absolute atomic E-state index is 12.7. The predicted molar refractivity (Wildman–Crippen MR) is 253 cm³/mol. The molecule has 0 amide bonds. The molecule has 0 heterocycles. The third kappa shape index (κ3) is 45.0. The smallest absolute Gasteiger partial charge is 0.472 e. The van der Waals surface area contributed by atoms with Crippen LogP contribution in [0.1, 0.15) is 181 Å². The Labute approximate surface area is 371 Å². The van der Waals surface area contributed by atoms with E-state index in [1.54, 1.807) is 0 Å². The fraction of sp³-hybridized carbons (Fsp3) is 0.680. The van der Waals surface area contributed by atoms with Crippen LogP contribution in [0.15, 0.2) is 85.1 Å². The lowest BCUT2D eigenvalue weighted by molar-refractivity contribution is -0.154. The average Bonchev–Trinajstić information content (AvgIpc) is 3.24. The van der Waals surface area contributed by atoms with E-state index in [2.05, 4.69) is 98.9 Å². The molecule has 0 aliphatic rings. The van der Waals surface area contributed by atoms with Gasteiger partial charge in [0.1, 0.15) is 12.1 Å². The van der Waals surface area contributed by atoms with Gasteiger partial charge < -0.3 is 25.2 Å².